The van der Waals surface area contributed by atoms with Crippen LogP contribution in [0.4, 0.5) is 0 Å². The van der Waals surface area contributed by atoms with E-state index in [9.17, 15) is 4.91 Å². The second kappa shape index (κ2) is 1.87. The van der Waals surface area contributed by atoms with Crippen molar-refractivity contribution in [3.05, 3.63) is 16.6 Å². The normalized spacial score (nSPS) is 15.7. The largest absolute Gasteiger partial charge is 0.151 e. The Balaban J connectivity index is 1.99. The predicted octanol–water partition coefficient (Wildman–Crippen LogP) is 1.47. The van der Waals surface area contributed by atoms with Gasteiger partial charge >= 0.3 is 0 Å². The van der Waals surface area contributed by atoms with Gasteiger partial charge in [-0.1, -0.05) is 16.8 Å². The summed E-state index contributed by atoms with van der Waals surface area (Å²) in [7, 11) is 0. The Labute approximate surface area is 42.2 Å². The average Bonchev–Trinajstić information content (AvgIpc) is 2.42. The van der Waals surface area contributed by atoms with Gasteiger partial charge in [-0.25, -0.2) is 0 Å². The van der Waals surface area contributed by atoms with Crippen LogP contribution < -0.4 is 0 Å². The van der Waals surface area contributed by atoms with Crippen molar-refractivity contribution in [2.75, 3.05) is 6.54 Å². The van der Waals surface area contributed by atoms with Crippen LogP contribution in [-0.4, -0.2) is 6.54 Å². The zero-order valence-corrected chi connectivity index (χ0v) is 4.05. The molecule has 2 heteroatoms. The van der Waals surface area contributed by atoms with Gasteiger partial charge in [-0.05, 0) is 12.8 Å². The van der Waals surface area contributed by atoms with E-state index in [2.05, 4.69) is 11.3 Å². The summed E-state index contributed by atoms with van der Waals surface area (Å²) in [6.45, 7) is 0.464. The lowest BCUT2D eigenvalue weighted by atomic mass is 10.3. The standard InChI is InChI=1S/C5H7NO/c7-6-4-3-5-1-2-5/h1H,2-4H2. The lowest BCUT2D eigenvalue weighted by Crippen LogP contribution is -1.72. The number of nitroso groups, excluding NO2 is 1. The number of allylic oxidation sites excluding steroid dienone is 1. The Kier molecular flexibility index (Phi) is 1.20. The van der Waals surface area contributed by atoms with Gasteiger partial charge < -0.3 is 0 Å². The maximum absolute atomic E-state index is 9.46. The SMILES string of the molecule is O=NCCC1=CC1. The van der Waals surface area contributed by atoms with Crippen LogP contribution in [0.1, 0.15) is 12.8 Å². The van der Waals surface area contributed by atoms with E-state index >= 15 is 0 Å². The lowest BCUT2D eigenvalue weighted by molar-refractivity contribution is 0.966. The van der Waals surface area contributed by atoms with E-state index < -0.39 is 0 Å². The van der Waals surface area contributed by atoms with E-state index in [0.29, 0.717) is 6.54 Å². The van der Waals surface area contributed by atoms with Crippen molar-refractivity contribution in [2.45, 2.75) is 12.8 Å². The molecule has 0 aromatic rings. The summed E-state index contributed by atoms with van der Waals surface area (Å²) in [4.78, 5) is 9.46. The molecule has 2 nitrogen and oxygen atoms in total. The quantitative estimate of drug-likeness (QED) is 0.387. The van der Waals surface area contributed by atoms with Crippen LogP contribution in [0.3, 0.4) is 0 Å². The molecule has 0 aromatic heterocycles. The molecule has 1 aliphatic carbocycles. The fourth-order valence-electron chi connectivity index (χ4n) is 0.466. The minimum Gasteiger partial charge on any atom is -0.151 e. The monoisotopic (exact) mass is 97.1 g/mol. The van der Waals surface area contributed by atoms with Crippen molar-refractivity contribution in [3.8, 4) is 0 Å². The van der Waals surface area contributed by atoms with Crippen molar-refractivity contribution in [1.29, 1.82) is 0 Å². The van der Waals surface area contributed by atoms with E-state index in [1.807, 2.05) is 0 Å². The van der Waals surface area contributed by atoms with Crippen molar-refractivity contribution in [2.24, 2.45) is 5.18 Å². The summed E-state index contributed by atoms with van der Waals surface area (Å²) in [6, 6.07) is 0. The van der Waals surface area contributed by atoms with E-state index in [0.717, 1.165) is 12.8 Å². The highest BCUT2D eigenvalue weighted by Crippen LogP contribution is 2.21. The summed E-state index contributed by atoms with van der Waals surface area (Å²) in [5.41, 5.74) is 1.39. The second-order valence-corrected chi connectivity index (χ2v) is 1.67. The van der Waals surface area contributed by atoms with Crippen LogP contribution in [0.5, 0.6) is 0 Å². The zero-order chi connectivity index (χ0) is 5.11. The third kappa shape index (κ3) is 1.48. The Morgan fingerprint density at radius 3 is 3.00 bits per heavy atom. The Bertz CT molecular complexity index is 107. The Morgan fingerprint density at radius 2 is 2.57 bits per heavy atom. The molecule has 0 bridgehead atoms. The third-order valence-electron chi connectivity index (χ3n) is 1.02. The summed E-state index contributed by atoms with van der Waals surface area (Å²) >= 11 is 0. The van der Waals surface area contributed by atoms with E-state index in [1.165, 1.54) is 5.57 Å². The molecule has 0 N–H and O–H groups in total. The van der Waals surface area contributed by atoms with Crippen LogP contribution in [0.2, 0.25) is 0 Å². The van der Waals surface area contributed by atoms with Crippen LogP contribution >= 0.6 is 0 Å². The smallest absolute Gasteiger partial charge is 0.0848 e. The van der Waals surface area contributed by atoms with Crippen molar-refractivity contribution < 1.29 is 0 Å². The van der Waals surface area contributed by atoms with Gasteiger partial charge in [0, 0.05) is 0 Å². The van der Waals surface area contributed by atoms with Crippen molar-refractivity contribution >= 4 is 0 Å². The highest BCUT2D eigenvalue weighted by atomic mass is 16.3. The highest BCUT2D eigenvalue weighted by molar-refractivity contribution is 5.21. The highest BCUT2D eigenvalue weighted by Gasteiger charge is 2.04. The van der Waals surface area contributed by atoms with Crippen molar-refractivity contribution in [3.63, 3.8) is 0 Å². The topological polar surface area (TPSA) is 29.4 Å². The molecule has 0 amide bonds. The molecule has 0 saturated carbocycles. The first-order valence-electron chi connectivity index (χ1n) is 2.40. The summed E-state index contributed by atoms with van der Waals surface area (Å²) in [5.74, 6) is 0. The number of hydrogen-bond donors (Lipinski definition) is 0. The first-order valence-corrected chi connectivity index (χ1v) is 2.40. The summed E-state index contributed by atoms with van der Waals surface area (Å²) < 4.78 is 0. The number of rotatable bonds is 3. The molecule has 38 valence electrons. The van der Waals surface area contributed by atoms with E-state index in [4.69, 9.17) is 0 Å². The first-order chi connectivity index (χ1) is 3.43. The minimum absolute atomic E-state index is 0.464. The molecule has 0 heterocycles. The molecule has 0 unspecified atom stereocenters. The molecule has 0 saturated heterocycles. The number of hydrogen-bond acceptors (Lipinski definition) is 2. The summed E-state index contributed by atoms with van der Waals surface area (Å²) in [6.07, 6.45) is 4.13. The van der Waals surface area contributed by atoms with Crippen LogP contribution in [0.15, 0.2) is 16.8 Å². The molecule has 0 aliphatic heterocycles. The molecule has 1 rings (SSSR count). The molecule has 0 aromatic carbocycles. The van der Waals surface area contributed by atoms with Crippen LogP contribution in [0.25, 0.3) is 0 Å². The zero-order valence-electron chi connectivity index (χ0n) is 4.05. The molecular weight excluding hydrogens is 90.1 g/mol. The molecular formula is C5H7NO. The minimum atomic E-state index is 0.464. The average molecular weight is 97.1 g/mol. The molecule has 0 atom stereocenters. The van der Waals surface area contributed by atoms with Crippen molar-refractivity contribution in [1.82, 2.24) is 0 Å². The van der Waals surface area contributed by atoms with E-state index in [1.54, 1.807) is 0 Å². The fraction of sp³-hybridized carbons (Fsp3) is 0.600. The second-order valence-electron chi connectivity index (χ2n) is 1.67. The first kappa shape index (κ1) is 4.50. The van der Waals surface area contributed by atoms with Gasteiger partial charge in [0.2, 0.25) is 0 Å². The summed E-state index contributed by atoms with van der Waals surface area (Å²) in [5, 5.41) is 2.72. The van der Waals surface area contributed by atoms with Crippen LogP contribution in [-0.2, 0) is 0 Å². The third-order valence-corrected chi connectivity index (χ3v) is 1.02. The molecule has 1 aliphatic rings. The fourth-order valence-corrected chi connectivity index (χ4v) is 0.466. The molecule has 0 spiro atoms. The predicted molar refractivity (Wildman–Crippen MR) is 28.0 cm³/mol. The van der Waals surface area contributed by atoms with Gasteiger partial charge in [0.05, 0.1) is 6.54 Å². The lowest BCUT2D eigenvalue weighted by Gasteiger charge is -1.77. The molecule has 0 fully saturated rings. The number of nitrogens with zero attached hydrogens (tertiary/aromatic N) is 1. The van der Waals surface area contributed by atoms with E-state index in [-0.39, 0.29) is 0 Å². The van der Waals surface area contributed by atoms with Gasteiger partial charge in [-0.3, -0.25) is 0 Å². The van der Waals surface area contributed by atoms with Crippen LogP contribution in [0, 0.1) is 4.91 Å². The molecule has 0 radical (unpaired) electrons. The van der Waals surface area contributed by atoms with Gasteiger partial charge in [0.1, 0.15) is 0 Å². The Hall–Kier alpha value is -0.660. The molecule has 7 heavy (non-hydrogen) atoms. The van der Waals surface area contributed by atoms with Gasteiger partial charge in [-0.15, -0.1) is 0 Å². The Morgan fingerprint density at radius 1 is 1.86 bits per heavy atom. The van der Waals surface area contributed by atoms with Gasteiger partial charge in [0.15, 0.2) is 0 Å². The maximum Gasteiger partial charge on any atom is 0.0848 e. The maximum atomic E-state index is 9.46. The van der Waals surface area contributed by atoms with Gasteiger partial charge in [-0.2, -0.15) is 4.91 Å². The van der Waals surface area contributed by atoms with Gasteiger partial charge in [0.25, 0.3) is 0 Å².